The highest BCUT2D eigenvalue weighted by Crippen LogP contribution is 2.30. The molecule has 1 aromatic rings. The maximum absolute atomic E-state index is 12.5. The van der Waals surface area contributed by atoms with Crippen LogP contribution in [-0.4, -0.2) is 10.9 Å². The zero-order valence-corrected chi connectivity index (χ0v) is 7.00. The predicted molar refractivity (Wildman–Crippen MR) is 46.5 cm³/mol. The van der Waals surface area contributed by atoms with Gasteiger partial charge in [0.05, 0.1) is 23.0 Å². The third-order valence-electron chi connectivity index (χ3n) is 1.64. The molecule has 1 rings (SSSR count). The van der Waals surface area contributed by atoms with Gasteiger partial charge in [-0.2, -0.15) is 0 Å². The SMILES string of the molecule is NC(=O)c1c(N)ncc(N)c1C(F)F. The Balaban J connectivity index is 3.50. The Morgan fingerprint density at radius 2 is 2.00 bits per heavy atom. The van der Waals surface area contributed by atoms with E-state index in [-0.39, 0.29) is 11.5 Å². The Morgan fingerprint density at radius 3 is 2.36 bits per heavy atom. The number of halogens is 2. The van der Waals surface area contributed by atoms with E-state index in [9.17, 15) is 13.6 Å². The van der Waals surface area contributed by atoms with Crippen molar-refractivity contribution < 1.29 is 13.6 Å². The van der Waals surface area contributed by atoms with E-state index in [2.05, 4.69) is 4.98 Å². The van der Waals surface area contributed by atoms with Crippen LogP contribution in [0.15, 0.2) is 6.20 Å². The van der Waals surface area contributed by atoms with E-state index in [1.807, 2.05) is 0 Å². The summed E-state index contributed by atoms with van der Waals surface area (Å²) >= 11 is 0. The van der Waals surface area contributed by atoms with Crippen LogP contribution < -0.4 is 17.2 Å². The monoisotopic (exact) mass is 202 g/mol. The number of nitrogens with two attached hydrogens (primary N) is 3. The van der Waals surface area contributed by atoms with Gasteiger partial charge in [-0.25, -0.2) is 13.8 Å². The number of hydrogen-bond donors (Lipinski definition) is 3. The molecule has 0 bridgehead atoms. The van der Waals surface area contributed by atoms with Crippen LogP contribution in [0.25, 0.3) is 0 Å². The molecule has 0 atom stereocenters. The lowest BCUT2D eigenvalue weighted by atomic mass is 10.1. The molecule has 1 amide bonds. The van der Waals surface area contributed by atoms with Crippen molar-refractivity contribution in [2.45, 2.75) is 6.43 Å². The van der Waals surface area contributed by atoms with E-state index in [1.54, 1.807) is 0 Å². The van der Waals surface area contributed by atoms with Crippen LogP contribution in [0.5, 0.6) is 0 Å². The Bertz CT molecular complexity index is 380. The van der Waals surface area contributed by atoms with Crippen molar-refractivity contribution in [1.82, 2.24) is 4.98 Å². The molecule has 14 heavy (non-hydrogen) atoms. The van der Waals surface area contributed by atoms with E-state index >= 15 is 0 Å². The van der Waals surface area contributed by atoms with E-state index in [1.165, 1.54) is 0 Å². The molecule has 5 nitrogen and oxygen atoms in total. The third kappa shape index (κ3) is 1.56. The minimum atomic E-state index is -2.91. The Hall–Kier alpha value is -1.92. The zero-order valence-electron chi connectivity index (χ0n) is 7.00. The average molecular weight is 202 g/mol. The molecule has 1 aromatic heterocycles. The number of carbonyl (C=O) groups is 1. The summed E-state index contributed by atoms with van der Waals surface area (Å²) in [6.07, 6.45) is -1.95. The normalized spacial score (nSPS) is 10.5. The summed E-state index contributed by atoms with van der Waals surface area (Å²) in [6, 6.07) is 0. The number of alkyl halides is 2. The van der Waals surface area contributed by atoms with Crippen LogP contribution in [0.3, 0.4) is 0 Å². The second kappa shape index (κ2) is 3.44. The van der Waals surface area contributed by atoms with Gasteiger partial charge < -0.3 is 17.2 Å². The quantitative estimate of drug-likeness (QED) is 0.640. The second-order valence-electron chi connectivity index (χ2n) is 2.55. The maximum atomic E-state index is 12.5. The molecular weight excluding hydrogens is 194 g/mol. The van der Waals surface area contributed by atoms with Gasteiger partial charge in [0, 0.05) is 0 Å². The van der Waals surface area contributed by atoms with Crippen LogP contribution in [0.1, 0.15) is 22.3 Å². The molecule has 0 aliphatic heterocycles. The Kier molecular flexibility index (Phi) is 2.50. The van der Waals surface area contributed by atoms with E-state index < -0.39 is 23.5 Å². The van der Waals surface area contributed by atoms with Gasteiger partial charge in [-0.3, -0.25) is 4.79 Å². The number of anilines is 2. The summed E-state index contributed by atoms with van der Waals surface area (Å²) in [7, 11) is 0. The Labute approximate surface area is 77.9 Å². The van der Waals surface area contributed by atoms with Crippen molar-refractivity contribution in [2.24, 2.45) is 5.73 Å². The van der Waals surface area contributed by atoms with Crippen LogP contribution in [-0.2, 0) is 0 Å². The number of aromatic nitrogens is 1. The fourth-order valence-corrected chi connectivity index (χ4v) is 1.05. The largest absolute Gasteiger partial charge is 0.397 e. The topological polar surface area (TPSA) is 108 Å². The number of primary amides is 1. The summed E-state index contributed by atoms with van der Waals surface area (Å²) in [5.41, 5.74) is 13.8. The number of hydrogen-bond acceptors (Lipinski definition) is 4. The van der Waals surface area contributed by atoms with Crippen molar-refractivity contribution in [2.75, 3.05) is 11.5 Å². The summed E-state index contributed by atoms with van der Waals surface area (Å²) in [5, 5.41) is 0. The number of rotatable bonds is 2. The average Bonchev–Trinajstić information content (AvgIpc) is 2.07. The smallest absolute Gasteiger partial charge is 0.266 e. The first-order valence-electron chi connectivity index (χ1n) is 3.57. The molecule has 76 valence electrons. The first-order chi connectivity index (χ1) is 6.45. The molecule has 0 aliphatic rings. The molecule has 0 unspecified atom stereocenters. The van der Waals surface area contributed by atoms with Crippen LogP contribution in [0.4, 0.5) is 20.3 Å². The van der Waals surface area contributed by atoms with Gasteiger partial charge in [0.25, 0.3) is 12.3 Å². The van der Waals surface area contributed by atoms with E-state index in [4.69, 9.17) is 17.2 Å². The lowest BCUT2D eigenvalue weighted by Crippen LogP contribution is -2.18. The number of nitrogen functional groups attached to an aromatic ring is 2. The molecule has 0 aliphatic carbocycles. The van der Waals surface area contributed by atoms with Gasteiger partial charge in [-0.05, 0) is 0 Å². The molecule has 0 saturated heterocycles. The first-order valence-corrected chi connectivity index (χ1v) is 3.57. The van der Waals surface area contributed by atoms with Gasteiger partial charge >= 0.3 is 0 Å². The summed E-state index contributed by atoms with van der Waals surface area (Å²) in [5.74, 6) is -1.42. The zero-order chi connectivity index (χ0) is 10.9. The molecular formula is C7H8F2N4O. The van der Waals surface area contributed by atoms with Crippen LogP contribution in [0, 0.1) is 0 Å². The molecule has 0 aromatic carbocycles. The fraction of sp³-hybridized carbons (Fsp3) is 0.143. The van der Waals surface area contributed by atoms with Crippen molar-refractivity contribution in [3.8, 4) is 0 Å². The molecule has 0 spiro atoms. The number of nitrogens with zero attached hydrogens (tertiary/aromatic N) is 1. The Morgan fingerprint density at radius 1 is 1.43 bits per heavy atom. The first kappa shape index (κ1) is 10.2. The van der Waals surface area contributed by atoms with Crippen molar-refractivity contribution in [3.63, 3.8) is 0 Å². The number of carbonyl (C=O) groups excluding carboxylic acids is 1. The number of pyridine rings is 1. The third-order valence-corrected chi connectivity index (χ3v) is 1.64. The molecule has 0 radical (unpaired) electrons. The molecule has 6 N–H and O–H groups in total. The van der Waals surface area contributed by atoms with E-state index in [0.29, 0.717) is 0 Å². The maximum Gasteiger partial charge on any atom is 0.266 e. The second-order valence-corrected chi connectivity index (χ2v) is 2.55. The summed E-state index contributed by atoms with van der Waals surface area (Å²) in [6.45, 7) is 0. The molecule has 7 heteroatoms. The highest BCUT2D eigenvalue weighted by Gasteiger charge is 2.23. The minimum Gasteiger partial charge on any atom is -0.397 e. The standard InChI is InChI=1S/C7H8F2N4O/c8-5(9)3-2(10)1-13-6(11)4(3)7(12)14/h1,5H,10H2,(H2,11,13)(H2,12,14). The summed E-state index contributed by atoms with van der Waals surface area (Å²) in [4.78, 5) is 14.3. The van der Waals surface area contributed by atoms with Gasteiger partial charge in [0.1, 0.15) is 5.82 Å². The van der Waals surface area contributed by atoms with Gasteiger partial charge in [-0.1, -0.05) is 0 Å². The minimum absolute atomic E-state index is 0.303. The van der Waals surface area contributed by atoms with Gasteiger partial charge in [0.15, 0.2) is 0 Å². The van der Waals surface area contributed by atoms with Crippen LogP contribution >= 0.6 is 0 Å². The van der Waals surface area contributed by atoms with E-state index in [0.717, 1.165) is 6.20 Å². The highest BCUT2D eigenvalue weighted by molar-refractivity contribution is 6.00. The fourth-order valence-electron chi connectivity index (χ4n) is 1.05. The lowest BCUT2D eigenvalue weighted by Gasteiger charge is -2.10. The molecule has 0 saturated carbocycles. The van der Waals surface area contributed by atoms with Gasteiger partial charge in [0.2, 0.25) is 0 Å². The molecule has 0 fully saturated rings. The highest BCUT2D eigenvalue weighted by atomic mass is 19.3. The van der Waals surface area contributed by atoms with Crippen molar-refractivity contribution in [3.05, 3.63) is 17.3 Å². The van der Waals surface area contributed by atoms with Crippen LogP contribution in [0.2, 0.25) is 0 Å². The number of amides is 1. The van der Waals surface area contributed by atoms with Crippen molar-refractivity contribution in [1.29, 1.82) is 0 Å². The lowest BCUT2D eigenvalue weighted by molar-refractivity contribution is 0.0987. The predicted octanol–water partition coefficient (Wildman–Crippen LogP) is 0.282. The van der Waals surface area contributed by atoms with Gasteiger partial charge in [-0.15, -0.1) is 0 Å². The van der Waals surface area contributed by atoms with Crippen molar-refractivity contribution >= 4 is 17.4 Å². The summed E-state index contributed by atoms with van der Waals surface area (Å²) < 4.78 is 24.9. The molecule has 1 heterocycles.